The maximum absolute atomic E-state index is 13.0. The van der Waals surface area contributed by atoms with E-state index in [0.29, 0.717) is 0 Å². The fraction of sp³-hybridized carbons (Fsp3) is 0. The van der Waals surface area contributed by atoms with Gasteiger partial charge in [-0.2, -0.15) is 0 Å². The monoisotopic (exact) mass is 394 g/mol. The maximum Gasteiger partial charge on any atom is 0.298 e. The van der Waals surface area contributed by atoms with E-state index in [9.17, 15) is 18.7 Å². The Morgan fingerprint density at radius 1 is 0.654 bits per heavy atom. The number of nitrogens with two attached hydrogens (primary N) is 4. The van der Waals surface area contributed by atoms with Gasteiger partial charge < -0.3 is 10.2 Å². The molecule has 0 aromatic heterocycles. The van der Waals surface area contributed by atoms with Crippen LogP contribution in [0.2, 0.25) is 0 Å². The second-order valence-corrected chi connectivity index (χ2v) is 9.04. The van der Waals surface area contributed by atoms with Gasteiger partial charge in [0.25, 0.3) is 15.2 Å². The zero-order valence-electron chi connectivity index (χ0n) is 13.3. The first kappa shape index (κ1) is 18.5. The summed E-state index contributed by atoms with van der Waals surface area (Å²) in [5.74, 6) is -1.03. The largest absolute Gasteiger partial charge is 0.312 e. The number of anilines is 2. The highest BCUT2D eigenvalue weighted by Gasteiger charge is 2.35. The first-order valence-corrected chi connectivity index (χ1v) is 10.9. The van der Waals surface area contributed by atoms with E-state index in [4.69, 9.17) is 22.0 Å². The molecule has 0 spiro atoms. The number of carbonyl (C=O) groups is 2. The van der Waals surface area contributed by atoms with Crippen LogP contribution in [0.4, 0.5) is 11.4 Å². The molecule has 0 saturated heterocycles. The van der Waals surface area contributed by atoms with Crippen LogP contribution in [-0.2, 0) is 9.13 Å². The standard InChI is InChI=1S/C14H16N6O4P2/c15-25(16,23)19-9-5-6-10(20-26(17,18)24)12-11(9)13(21)7-3-1-2-4-8(7)14(12)22/h1-6H,(H5,15,16,19,23)(H5,17,18,20,24). The average molecular weight is 394 g/mol. The number of ketones is 2. The van der Waals surface area contributed by atoms with Crippen molar-refractivity contribution in [1.29, 1.82) is 0 Å². The molecular formula is C14H16N6O4P2. The normalized spacial score (nSPS) is 13.8. The summed E-state index contributed by atoms with van der Waals surface area (Å²) in [7, 11) is -7.52. The molecule has 0 aliphatic heterocycles. The van der Waals surface area contributed by atoms with Crippen molar-refractivity contribution in [2.24, 2.45) is 22.0 Å². The van der Waals surface area contributed by atoms with E-state index in [1.807, 2.05) is 0 Å². The summed E-state index contributed by atoms with van der Waals surface area (Å²) in [6.07, 6.45) is 0. The van der Waals surface area contributed by atoms with Gasteiger partial charge in [0.1, 0.15) is 0 Å². The van der Waals surface area contributed by atoms with Gasteiger partial charge in [-0.3, -0.25) is 40.7 Å². The summed E-state index contributed by atoms with van der Waals surface area (Å²) in [6.45, 7) is 0. The fourth-order valence-electron chi connectivity index (χ4n) is 2.79. The Labute approximate surface area is 148 Å². The number of nitrogens with one attached hydrogen (secondary N) is 2. The molecule has 136 valence electrons. The molecule has 0 atom stereocenters. The van der Waals surface area contributed by atoms with Gasteiger partial charge in [-0.1, -0.05) is 24.3 Å². The lowest BCUT2D eigenvalue weighted by atomic mass is 9.82. The molecule has 10 N–H and O–H groups in total. The molecule has 1 aliphatic carbocycles. The number of carbonyl (C=O) groups excluding carboxylic acids is 2. The highest BCUT2D eigenvalue weighted by atomic mass is 31.2. The van der Waals surface area contributed by atoms with E-state index < -0.39 is 26.8 Å². The van der Waals surface area contributed by atoms with Crippen LogP contribution in [0, 0.1) is 0 Å². The third-order valence-electron chi connectivity index (χ3n) is 3.67. The second kappa shape index (κ2) is 6.14. The molecule has 0 bridgehead atoms. The second-order valence-electron chi connectivity index (χ2n) is 5.76. The Bertz CT molecular complexity index is 960. The molecule has 2 aromatic rings. The van der Waals surface area contributed by atoms with Crippen molar-refractivity contribution in [3.05, 3.63) is 58.7 Å². The number of fused-ring (bicyclic) bond motifs is 2. The van der Waals surface area contributed by atoms with Crippen LogP contribution in [0.15, 0.2) is 36.4 Å². The van der Waals surface area contributed by atoms with Crippen molar-refractivity contribution < 1.29 is 18.7 Å². The Balaban J connectivity index is 2.30. The summed E-state index contributed by atoms with van der Waals surface area (Å²) in [5, 5.41) is 4.72. The maximum atomic E-state index is 13.0. The molecule has 0 heterocycles. The fourth-order valence-corrected chi connectivity index (χ4v) is 3.91. The van der Waals surface area contributed by atoms with Crippen LogP contribution in [-0.4, -0.2) is 11.6 Å². The van der Waals surface area contributed by atoms with Gasteiger partial charge in [-0.25, -0.2) is 0 Å². The van der Waals surface area contributed by atoms with Gasteiger partial charge in [0.2, 0.25) is 0 Å². The molecule has 0 radical (unpaired) electrons. The third-order valence-corrected chi connectivity index (χ3v) is 4.85. The van der Waals surface area contributed by atoms with Gasteiger partial charge in [0, 0.05) is 11.1 Å². The molecule has 26 heavy (non-hydrogen) atoms. The number of benzene rings is 2. The first-order chi connectivity index (χ1) is 12.0. The zero-order chi connectivity index (χ0) is 19.3. The third kappa shape index (κ3) is 3.47. The number of rotatable bonds is 4. The molecule has 0 unspecified atom stereocenters. The van der Waals surface area contributed by atoms with Crippen molar-refractivity contribution in [2.75, 3.05) is 10.2 Å². The highest BCUT2D eigenvalue weighted by molar-refractivity contribution is 7.60. The predicted octanol–water partition coefficient (Wildman–Crippen LogP) is 1.34. The first-order valence-electron chi connectivity index (χ1n) is 7.24. The minimum Gasteiger partial charge on any atom is -0.312 e. The van der Waals surface area contributed by atoms with E-state index in [1.54, 1.807) is 12.1 Å². The van der Waals surface area contributed by atoms with Crippen molar-refractivity contribution in [1.82, 2.24) is 0 Å². The van der Waals surface area contributed by atoms with Gasteiger partial charge in [0.15, 0.2) is 11.6 Å². The van der Waals surface area contributed by atoms with Gasteiger partial charge >= 0.3 is 0 Å². The Hall–Kier alpha value is -2.32. The van der Waals surface area contributed by atoms with Crippen LogP contribution < -0.4 is 32.2 Å². The Kier molecular flexibility index (Phi) is 4.36. The lowest BCUT2D eigenvalue weighted by Gasteiger charge is -2.25. The minimum atomic E-state index is -3.76. The van der Waals surface area contributed by atoms with E-state index >= 15 is 0 Å². The van der Waals surface area contributed by atoms with E-state index in [-0.39, 0.29) is 33.6 Å². The predicted molar refractivity (Wildman–Crippen MR) is 99.0 cm³/mol. The number of hydrogen-bond donors (Lipinski definition) is 6. The average Bonchev–Trinajstić information content (AvgIpc) is 2.51. The Morgan fingerprint density at radius 2 is 1.00 bits per heavy atom. The van der Waals surface area contributed by atoms with E-state index in [1.165, 1.54) is 24.3 Å². The van der Waals surface area contributed by atoms with Crippen LogP contribution in [0.25, 0.3) is 0 Å². The molecule has 3 rings (SSSR count). The smallest absolute Gasteiger partial charge is 0.298 e. The van der Waals surface area contributed by atoms with Crippen molar-refractivity contribution in [2.45, 2.75) is 0 Å². The van der Waals surface area contributed by atoms with Crippen molar-refractivity contribution >= 4 is 38.1 Å². The molecular weight excluding hydrogens is 378 g/mol. The summed E-state index contributed by atoms with van der Waals surface area (Å²) < 4.78 is 23.5. The molecule has 0 saturated carbocycles. The van der Waals surface area contributed by atoms with Crippen molar-refractivity contribution in [3.8, 4) is 0 Å². The zero-order valence-corrected chi connectivity index (χ0v) is 15.1. The minimum absolute atomic E-state index is 0.00983. The van der Waals surface area contributed by atoms with Gasteiger partial charge in [0.05, 0.1) is 22.5 Å². The van der Waals surface area contributed by atoms with Crippen molar-refractivity contribution in [3.63, 3.8) is 0 Å². The molecule has 0 fully saturated rings. The summed E-state index contributed by atoms with van der Waals surface area (Å²) in [4.78, 5) is 25.9. The van der Waals surface area contributed by atoms with Crippen LogP contribution in [0.1, 0.15) is 31.8 Å². The van der Waals surface area contributed by atoms with E-state index in [2.05, 4.69) is 10.2 Å². The lowest BCUT2D eigenvalue weighted by molar-refractivity contribution is 0.0980. The lowest BCUT2D eigenvalue weighted by Crippen LogP contribution is -2.25. The molecule has 0 amide bonds. The molecule has 1 aliphatic rings. The molecule has 10 nitrogen and oxygen atoms in total. The highest BCUT2D eigenvalue weighted by Crippen LogP contribution is 2.42. The number of hydrogen-bond acceptors (Lipinski definition) is 4. The topological polar surface area (TPSA) is 196 Å². The summed E-state index contributed by atoms with van der Waals surface area (Å²) in [5.41, 5.74) is 21.5. The van der Waals surface area contributed by atoms with Crippen LogP contribution >= 0.6 is 15.2 Å². The summed E-state index contributed by atoms with van der Waals surface area (Å²) in [6, 6.07) is 8.84. The van der Waals surface area contributed by atoms with Crippen LogP contribution in [0.5, 0.6) is 0 Å². The molecule has 12 heteroatoms. The van der Waals surface area contributed by atoms with E-state index in [0.717, 1.165) is 0 Å². The molecule has 2 aromatic carbocycles. The SMILES string of the molecule is NP(N)(=O)Nc1ccc(NP(N)(N)=O)c2c1C(=O)c1ccccc1C2=O. The summed E-state index contributed by atoms with van der Waals surface area (Å²) >= 11 is 0. The van der Waals surface area contributed by atoms with Gasteiger partial charge in [-0.15, -0.1) is 0 Å². The quantitative estimate of drug-likeness (QED) is 0.351. The Morgan fingerprint density at radius 3 is 1.31 bits per heavy atom. The van der Waals surface area contributed by atoms with Crippen LogP contribution in [0.3, 0.4) is 0 Å². The van der Waals surface area contributed by atoms with Gasteiger partial charge in [-0.05, 0) is 12.1 Å².